The Balaban J connectivity index is 0.000000380. The van der Waals surface area contributed by atoms with Gasteiger partial charge in [0, 0.05) is 10.0 Å². The van der Waals surface area contributed by atoms with Crippen molar-refractivity contribution in [2.75, 3.05) is 6.61 Å². The molecule has 2 aromatic rings. The molecule has 0 unspecified atom stereocenters. The fourth-order valence-electron chi connectivity index (χ4n) is 3.01. The number of hydrogen-bond donors (Lipinski definition) is 3. The van der Waals surface area contributed by atoms with E-state index in [2.05, 4.69) is 10.6 Å². The zero-order chi connectivity index (χ0) is 28.9. The third-order valence-electron chi connectivity index (χ3n) is 4.57. The molecule has 0 aliphatic rings. The van der Waals surface area contributed by atoms with Crippen molar-refractivity contribution in [1.29, 1.82) is 0 Å². The van der Waals surface area contributed by atoms with Crippen molar-refractivity contribution >= 4 is 41.7 Å². The van der Waals surface area contributed by atoms with Crippen molar-refractivity contribution in [3.8, 4) is 0 Å². The van der Waals surface area contributed by atoms with Gasteiger partial charge in [0.15, 0.2) is 0 Å². The van der Waals surface area contributed by atoms with E-state index >= 15 is 0 Å². The molecule has 0 radical (unpaired) electrons. The number of ether oxygens (including phenoxy) is 2. The summed E-state index contributed by atoms with van der Waals surface area (Å²) < 4.78 is 10.2. The summed E-state index contributed by atoms with van der Waals surface area (Å²) in [6.07, 6.45) is 0.491. The van der Waals surface area contributed by atoms with E-state index in [1.807, 2.05) is 24.3 Å². The maximum absolute atomic E-state index is 11.6. The maximum atomic E-state index is 11.6. The topological polar surface area (TPSA) is 114 Å². The van der Waals surface area contributed by atoms with Gasteiger partial charge in [0.05, 0.1) is 18.7 Å². The van der Waals surface area contributed by atoms with Crippen molar-refractivity contribution in [1.82, 2.24) is 10.6 Å². The largest absolute Gasteiger partial charge is 0.444 e. The Labute approximate surface area is 235 Å². The van der Waals surface area contributed by atoms with Crippen LogP contribution in [-0.4, -0.2) is 53.5 Å². The molecule has 2 rings (SSSR count). The average Bonchev–Trinajstić information content (AvgIpc) is 2.79. The first-order valence-electron chi connectivity index (χ1n) is 12.1. The quantitative estimate of drug-likeness (QED) is 0.350. The average molecular weight is 570 g/mol. The Hall–Kier alpha value is -2.81. The molecule has 38 heavy (non-hydrogen) atoms. The predicted octanol–water partition coefficient (Wildman–Crippen LogP) is 5.74. The monoisotopic (exact) mass is 568 g/mol. The molecule has 2 amide bonds. The number of alkyl carbamates (subject to hydrolysis) is 2. The number of nitrogens with one attached hydrogen (secondary N) is 2. The molecule has 2 atom stereocenters. The molecule has 0 aliphatic carbocycles. The summed E-state index contributed by atoms with van der Waals surface area (Å²) in [5, 5.41) is 15.7. The van der Waals surface area contributed by atoms with E-state index in [1.165, 1.54) is 0 Å². The number of rotatable bonds is 8. The number of aliphatic hydroxyl groups excluding tert-OH is 1. The smallest absolute Gasteiger partial charge is 0.408 e. The van der Waals surface area contributed by atoms with Gasteiger partial charge in [-0.1, -0.05) is 47.5 Å². The number of halogens is 2. The third-order valence-corrected chi connectivity index (χ3v) is 5.08. The minimum Gasteiger partial charge on any atom is -0.444 e. The Morgan fingerprint density at radius 1 is 0.789 bits per heavy atom. The highest BCUT2D eigenvalue weighted by Crippen LogP contribution is 2.13. The lowest BCUT2D eigenvalue weighted by molar-refractivity contribution is -0.109. The Bertz CT molecular complexity index is 1020. The van der Waals surface area contributed by atoms with Crippen LogP contribution < -0.4 is 10.6 Å². The maximum Gasteiger partial charge on any atom is 0.408 e. The second-order valence-corrected chi connectivity index (χ2v) is 11.4. The Morgan fingerprint density at radius 3 is 1.55 bits per heavy atom. The van der Waals surface area contributed by atoms with Crippen molar-refractivity contribution in [3.05, 3.63) is 69.7 Å². The first-order chi connectivity index (χ1) is 17.6. The van der Waals surface area contributed by atoms with Crippen LogP contribution in [0, 0.1) is 0 Å². The minimum atomic E-state index is -0.615. The van der Waals surface area contributed by atoms with Crippen molar-refractivity contribution in [3.63, 3.8) is 0 Å². The number of aldehydes is 1. The fourth-order valence-corrected chi connectivity index (χ4v) is 3.26. The van der Waals surface area contributed by atoms with Crippen molar-refractivity contribution in [2.24, 2.45) is 0 Å². The highest BCUT2D eigenvalue weighted by molar-refractivity contribution is 6.30. The molecule has 10 heteroatoms. The molecule has 8 nitrogen and oxygen atoms in total. The van der Waals surface area contributed by atoms with Gasteiger partial charge in [-0.3, -0.25) is 0 Å². The second kappa shape index (κ2) is 15.6. The van der Waals surface area contributed by atoms with Gasteiger partial charge < -0.3 is 30.0 Å². The summed E-state index contributed by atoms with van der Waals surface area (Å²) in [6, 6.07) is 13.4. The molecular weight excluding hydrogens is 531 g/mol. The van der Waals surface area contributed by atoms with Gasteiger partial charge >= 0.3 is 12.2 Å². The van der Waals surface area contributed by atoms with E-state index in [-0.39, 0.29) is 12.6 Å². The summed E-state index contributed by atoms with van der Waals surface area (Å²) >= 11 is 11.6. The molecule has 0 saturated carbocycles. The molecule has 0 aromatic heterocycles. The highest BCUT2D eigenvalue weighted by atomic mass is 35.5. The minimum absolute atomic E-state index is 0.151. The number of aliphatic hydroxyl groups is 1. The second-order valence-electron chi connectivity index (χ2n) is 10.6. The molecular formula is C28H38Cl2N2O6. The van der Waals surface area contributed by atoms with Crippen molar-refractivity contribution in [2.45, 2.75) is 77.7 Å². The van der Waals surface area contributed by atoms with Crippen LogP contribution >= 0.6 is 23.2 Å². The zero-order valence-corrected chi connectivity index (χ0v) is 24.2. The van der Waals surface area contributed by atoms with E-state index in [0.717, 1.165) is 11.1 Å². The van der Waals surface area contributed by atoms with Crippen LogP contribution in [0.4, 0.5) is 9.59 Å². The summed E-state index contributed by atoms with van der Waals surface area (Å²) in [6.45, 7) is 10.5. The molecule has 210 valence electrons. The Kier molecular flexibility index (Phi) is 13.6. The van der Waals surface area contributed by atoms with Crippen LogP contribution in [0.2, 0.25) is 10.0 Å². The molecule has 0 bridgehead atoms. The number of benzene rings is 2. The highest BCUT2D eigenvalue weighted by Gasteiger charge is 2.20. The molecule has 0 heterocycles. The summed E-state index contributed by atoms with van der Waals surface area (Å²) in [5.41, 5.74) is 0.763. The number of carbonyl (C=O) groups excluding carboxylic acids is 3. The third kappa shape index (κ3) is 15.4. The fraction of sp³-hybridized carbons (Fsp3) is 0.464. The molecule has 0 spiro atoms. The summed E-state index contributed by atoms with van der Waals surface area (Å²) in [4.78, 5) is 34.1. The lowest BCUT2D eigenvalue weighted by atomic mass is 10.1. The van der Waals surface area contributed by atoms with Gasteiger partial charge in [0.2, 0.25) is 0 Å². The van der Waals surface area contributed by atoms with Crippen molar-refractivity contribution < 1.29 is 29.0 Å². The van der Waals surface area contributed by atoms with Crippen LogP contribution in [0.3, 0.4) is 0 Å². The summed E-state index contributed by atoms with van der Waals surface area (Å²) in [5.74, 6) is 0. The molecule has 0 fully saturated rings. The van der Waals surface area contributed by atoms with Crippen LogP contribution in [0.15, 0.2) is 48.5 Å². The molecule has 0 saturated heterocycles. The zero-order valence-electron chi connectivity index (χ0n) is 22.7. The first kappa shape index (κ1) is 33.2. The normalized spacial score (nSPS) is 12.8. The van der Waals surface area contributed by atoms with E-state index in [9.17, 15) is 19.5 Å². The van der Waals surface area contributed by atoms with Crippen LogP contribution in [0.25, 0.3) is 0 Å². The standard InChI is InChI=1S/C14H20ClNO3.C14H18ClNO3/c2*1-14(2,3)19-13(18)16-12(9-17)8-10-4-6-11(15)7-5-10/h4-7,12,17H,8-9H2,1-3H3,(H,16,18);4-7,9,12H,8H2,1-3H3,(H,16,18)/t2*12-/m00/s1. The van der Waals surface area contributed by atoms with E-state index in [0.29, 0.717) is 29.2 Å². The van der Waals surface area contributed by atoms with Gasteiger partial charge in [-0.25, -0.2) is 9.59 Å². The van der Waals surface area contributed by atoms with Gasteiger partial charge in [-0.15, -0.1) is 0 Å². The molecule has 0 aliphatic heterocycles. The first-order valence-corrected chi connectivity index (χ1v) is 12.9. The van der Waals surface area contributed by atoms with Gasteiger partial charge in [-0.2, -0.15) is 0 Å². The van der Waals surface area contributed by atoms with E-state index < -0.39 is 29.4 Å². The summed E-state index contributed by atoms with van der Waals surface area (Å²) in [7, 11) is 0. The number of hydrogen-bond acceptors (Lipinski definition) is 6. The molecule has 3 N–H and O–H groups in total. The van der Waals surface area contributed by atoms with Gasteiger partial charge in [-0.05, 0) is 89.8 Å². The number of amides is 2. The van der Waals surface area contributed by atoms with Crippen LogP contribution in [0.1, 0.15) is 52.7 Å². The SMILES string of the molecule is CC(C)(C)OC(=O)N[C@H](C=O)Cc1ccc(Cl)cc1.CC(C)(C)OC(=O)N[C@H](CO)Cc1ccc(Cl)cc1. The number of carbonyl (C=O) groups is 3. The van der Waals surface area contributed by atoms with Crippen LogP contribution in [-0.2, 0) is 27.1 Å². The van der Waals surface area contributed by atoms with E-state index in [4.69, 9.17) is 32.7 Å². The predicted molar refractivity (Wildman–Crippen MR) is 150 cm³/mol. The molecule has 2 aromatic carbocycles. The Morgan fingerprint density at radius 2 is 1.18 bits per heavy atom. The lowest BCUT2D eigenvalue weighted by Crippen LogP contribution is -2.42. The lowest BCUT2D eigenvalue weighted by Gasteiger charge is -2.22. The van der Waals surface area contributed by atoms with Crippen LogP contribution in [0.5, 0.6) is 0 Å². The van der Waals surface area contributed by atoms with Gasteiger partial charge in [0.1, 0.15) is 17.5 Å². The van der Waals surface area contributed by atoms with Gasteiger partial charge in [0.25, 0.3) is 0 Å². The van der Waals surface area contributed by atoms with E-state index in [1.54, 1.807) is 65.8 Å².